The van der Waals surface area contributed by atoms with Gasteiger partial charge in [0.15, 0.2) is 5.13 Å². The highest BCUT2D eigenvalue weighted by Gasteiger charge is 2.18. The second kappa shape index (κ2) is 8.57. The van der Waals surface area contributed by atoms with Crippen molar-refractivity contribution in [3.63, 3.8) is 0 Å². The number of amides is 2. The third-order valence-electron chi connectivity index (χ3n) is 3.89. The van der Waals surface area contributed by atoms with Crippen molar-refractivity contribution < 1.29 is 14.3 Å². The molecule has 0 spiro atoms. The summed E-state index contributed by atoms with van der Waals surface area (Å²) < 4.78 is 5.12. The minimum atomic E-state index is -0.577. The van der Waals surface area contributed by atoms with Gasteiger partial charge < -0.3 is 9.64 Å². The highest BCUT2D eigenvalue weighted by Crippen LogP contribution is 2.18. The molecular weight excluding hydrogens is 340 g/mol. The zero-order chi connectivity index (χ0) is 17.5. The van der Waals surface area contributed by atoms with Crippen molar-refractivity contribution in [2.45, 2.75) is 32.3 Å². The van der Waals surface area contributed by atoms with Crippen LogP contribution in [0, 0.1) is 0 Å². The molecule has 0 aliphatic carbocycles. The van der Waals surface area contributed by atoms with Crippen molar-refractivity contribution in [1.82, 2.24) is 14.9 Å². The summed E-state index contributed by atoms with van der Waals surface area (Å²) >= 11 is 1.28. The van der Waals surface area contributed by atoms with Crippen LogP contribution >= 0.6 is 11.3 Å². The SMILES string of the molecule is O=C(Nc1nc(CC(=O)N2CCCCC2)cs1)OCc1cccnc1. The third-order valence-corrected chi connectivity index (χ3v) is 4.70. The summed E-state index contributed by atoms with van der Waals surface area (Å²) in [6.07, 6.45) is 6.31. The number of nitrogens with one attached hydrogen (secondary N) is 1. The molecule has 0 unspecified atom stereocenters. The third kappa shape index (κ3) is 5.25. The predicted octanol–water partition coefficient (Wildman–Crippen LogP) is 2.84. The number of carbonyl (C=O) groups is 2. The van der Waals surface area contributed by atoms with E-state index < -0.39 is 6.09 Å². The Morgan fingerprint density at radius 2 is 2.12 bits per heavy atom. The minimum absolute atomic E-state index is 0.0932. The number of rotatable bonds is 5. The molecule has 2 aromatic rings. The van der Waals surface area contributed by atoms with Crippen LogP contribution in [0.4, 0.5) is 9.93 Å². The summed E-state index contributed by atoms with van der Waals surface area (Å²) in [6, 6.07) is 3.61. The smallest absolute Gasteiger partial charge is 0.413 e. The van der Waals surface area contributed by atoms with Crippen molar-refractivity contribution in [2.24, 2.45) is 0 Å². The number of hydrogen-bond acceptors (Lipinski definition) is 6. The molecule has 0 aromatic carbocycles. The molecule has 1 fully saturated rings. The standard InChI is InChI=1S/C17H20N4O3S/c22-15(21-7-2-1-3-8-21)9-14-12-25-16(19-14)20-17(23)24-11-13-5-4-6-18-10-13/h4-6,10,12H,1-3,7-9,11H2,(H,19,20,23). The summed E-state index contributed by atoms with van der Waals surface area (Å²) in [5.74, 6) is 0.0932. The molecule has 1 aliphatic rings. The highest BCUT2D eigenvalue weighted by atomic mass is 32.1. The Morgan fingerprint density at radius 3 is 2.88 bits per heavy atom. The fraction of sp³-hybridized carbons (Fsp3) is 0.412. The van der Waals surface area contributed by atoms with Gasteiger partial charge in [-0.3, -0.25) is 15.1 Å². The highest BCUT2D eigenvalue weighted by molar-refractivity contribution is 7.13. The summed E-state index contributed by atoms with van der Waals surface area (Å²) in [5, 5.41) is 4.80. The topological polar surface area (TPSA) is 84.4 Å². The van der Waals surface area contributed by atoms with E-state index in [1.807, 2.05) is 11.0 Å². The molecular formula is C17H20N4O3S. The van der Waals surface area contributed by atoms with Crippen LogP contribution in [-0.4, -0.2) is 40.0 Å². The lowest BCUT2D eigenvalue weighted by molar-refractivity contribution is -0.131. The van der Waals surface area contributed by atoms with Gasteiger partial charge >= 0.3 is 6.09 Å². The van der Waals surface area contributed by atoms with Gasteiger partial charge in [0.05, 0.1) is 12.1 Å². The first-order valence-corrected chi connectivity index (χ1v) is 9.13. The van der Waals surface area contributed by atoms with Crippen LogP contribution in [0.5, 0.6) is 0 Å². The van der Waals surface area contributed by atoms with Crippen molar-refractivity contribution in [3.8, 4) is 0 Å². The number of carbonyl (C=O) groups excluding carboxylic acids is 2. The number of pyridine rings is 1. The van der Waals surface area contributed by atoms with Crippen LogP contribution in [0.2, 0.25) is 0 Å². The summed E-state index contributed by atoms with van der Waals surface area (Å²) in [7, 11) is 0. The Labute approximate surface area is 150 Å². The quantitative estimate of drug-likeness (QED) is 0.886. The molecule has 3 rings (SSSR count). The molecule has 0 radical (unpaired) electrons. The van der Waals surface area contributed by atoms with Gasteiger partial charge in [0.1, 0.15) is 6.61 Å². The molecule has 7 nitrogen and oxygen atoms in total. The van der Waals surface area contributed by atoms with Crippen molar-refractivity contribution >= 4 is 28.5 Å². The van der Waals surface area contributed by atoms with Gasteiger partial charge in [-0.1, -0.05) is 6.07 Å². The number of likely N-dealkylation sites (tertiary alicyclic amines) is 1. The largest absolute Gasteiger partial charge is 0.444 e. The van der Waals surface area contributed by atoms with E-state index in [1.165, 1.54) is 17.8 Å². The van der Waals surface area contributed by atoms with Crippen LogP contribution in [-0.2, 0) is 22.6 Å². The summed E-state index contributed by atoms with van der Waals surface area (Å²) in [6.45, 7) is 1.80. The Morgan fingerprint density at radius 1 is 1.28 bits per heavy atom. The maximum Gasteiger partial charge on any atom is 0.413 e. The molecule has 0 bridgehead atoms. The van der Waals surface area contributed by atoms with Gasteiger partial charge in [-0.2, -0.15) is 0 Å². The Kier molecular flexibility index (Phi) is 5.95. The monoisotopic (exact) mass is 360 g/mol. The molecule has 0 atom stereocenters. The lowest BCUT2D eigenvalue weighted by Crippen LogP contribution is -2.36. The van der Waals surface area contributed by atoms with Crippen LogP contribution in [0.3, 0.4) is 0 Å². The molecule has 2 aromatic heterocycles. The molecule has 1 N–H and O–H groups in total. The number of ether oxygens (including phenoxy) is 1. The molecule has 132 valence electrons. The first kappa shape index (κ1) is 17.3. The first-order valence-electron chi connectivity index (χ1n) is 8.25. The zero-order valence-corrected chi connectivity index (χ0v) is 14.6. The number of nitrogens with zero attached hydrogens (tertiary/aromatic N) is 3. The van der Waals surface area contributed by atoms with Gasteiger partial charge in [0, 0.05) is 36.4 Å². The zero-order valence-electron chi connectivity index (χ0n) is 13.8. The number of hydrogen-bond donors (Lipinski definition) is 1. The molecule has 8 heteroatoms. The average molecular weight is 360 g/mol. The van der Waals surface area contributed by atoms with E-state index in [0.29, 0.717) is 10.8 Å². The fourth-order valence-electron chi connectivity index (χ4n) is 2.61. The van der Waals surface area contributed by atoms with Crippen molar-refractivity contribution in [2.75, 3.05) is 18.4 Å². The molecule has 1 aliphatic heterocycles. The van der Waals surface area contributed by atoms with E-state index in [9.17, 15) is 9.59 Å². The molecule has 1 saturated heterocycles. The van der Waals surface area contributed by atoms with Crippen LogP contribution in [0.15, 0.2) is 29.9 Å². The first-order chi connectivity index (χ1) is 12.2. The van der Waals surface area contributed by atoms with E-state index in [1.54, 1.807) is 23.8 Å². The maximum atomic E-state index is 12.2. The second-order valence-electron chi connectivity index (χ2n) is 5.82. The van der Waals surface area contributed by atoms with E-state index in [0.717, 1.165) is 31.5 Å². The summed E-state index contributed by atoms with van der Waals surface area (Å²) in [4.78, 5) is 34.2. The van der Waals surface area contributed by atoms with Crippen LogP contribution in [0.25, 0.3) is 0 Å². The van der Waals surface area contributed by atoms with E-state index in [-0.39, 0.29) is 18.9 Å². The minimum Gasteiger partial charge on any atom is -0.444 e. The molecule has 0 saturated carbocycles. The van der Waals surface area contributed by atoms with Crippen LogP contribution in [0.1, 0.15) is 30.5 Å². The lowest BCUT2D eigenvalue weighted by Gasteiger charge is -2.26. The number of thiazole rings is 1. The molecule has 2 amide bonds. The van der Waals surface area contributed by atoms with Crippen molar-refractivity contribution in [3.05, 3.63) is 41.2 Å². The van der Waals surface area contributed by atoms with E-state index in [4.69, 9.17) is 4.74 Å². The number of piperidine rings is 1. The number of aromatic nitrogens is 2. The predicted molar refractivity (Wildman–Crippen MR) is 94.3 cm³/mol. The van der Waals surface area contributed by atoms with Gasteiger partial charge in [0.25, 0.3) is 0 Å². The average Bonchev–Trinajstić information content (AvgIpc) is 3.08. The van der Waals surface area contributed by atoms with Gasteiger partial charge in [0.2, 0.25) is 5.91 Å². The second-order valence-corrected chi connectivity index (χ2v) is 6.68. The maximum absolute atomic E-state index is 12.2. The lowest BCUT2D eigenvalue weighted by atomic mass is 10.1. The van der Waals surface area contributed by atoms with E-state index >= 15 is 0 Å². The fourth-order valence-corrected chi connectivity index (χ4v) is 3.31. The molecule has 3 heterocycles. The van der Waals surface area contributed by atoms with E-state index in [2.05, 4.69) is 15.3 Å². The van der Waals surface area contributed by atoms with Crippen molar-refractivity contribution in [1.29, 1.82) is 0 Å². The Hall–Kier alpha value is -2.48. The summed E-state index contributed by atoms with van der Waals surface area (Å²) in [5.41, 5.74) is 1.48. The van der Waals surface area contributed by atoms with Gasteiger partial charge in [-0.15, -0.1) is 11.3 Å². The van der Waals surface area contributed by atoms with Gasteiger partial charge in [-0.05, 0) is 25.3 Å². The van der Waals surface area contributed by atoms with Gasteiger partial charge in [-0.25, -0.2) is 9.78 Å². The number of anilines is 1. The Balaban J connectivity index is 1.46. The Bertz CT molecular complexity index is 714. The normalized spacial score (nSPS) is 14.2. The van der Waals surface area contributed by atoms with Crippen LogP contribution < -0.4 is 5.32 Å². The molecule has 25 heavy (non-hydrogen) atoms.